The SMILES string of the molecule is Cc1ccccc1NC(=O)CN1C(=O)C(C)Oc2ccc(-c3nc(-c4ccccn4)sc3C)cc21. The molecule has 1 atom stereocenters. The lowest BCUT2D eigenvalue weighted by molar-refractivity contribution is -0.127. The van der Waals surface area contributed by atoms with Crippen molar-refractivity contribution in [2.45, 2.75) is 26.9 Å². The Kier molecular flexibility index (Phi) is 6.05. The van der Waals surface area contributed by atoms with Crippen LogP contribution in [-0.2, 0) is 9.59 Å². The largest absolute Gasteiger partial charge is 0.479 e. The van der Waals surface area contributed by atoms with Crippen LogP contribution in [0.5, 0.6) is 5.75 Å². The lowest BCUT2D eigenvalue weighted by Gasteiger charge is -2.33. The number of thiazole rings is 1. The van der Waals surface area contributed by atoms with E-state index in [9.17, 15) is 9.59 Å². The van der Waals surface area contributed by atoms with E-state index in [1.54, 1.807) is 24.5 Å². The van der Waals surface area contributed by atoms with Crippen molar-refractivity contribution < 1.29 is 14.3 Å². The van der Waals surface area contributed by atoms with E-state index in [0.717, 1.165) is 38.1 Å². The van der Waals surface area contributed by atoms with Crippen LogP contribution in [0.4, 0.5) is 11.4 Å². The molecule has 0 bridgehead atoms. The first-order valence-electron chi connectivity index (χ1n) is 11.3. The number of nitrogens with one attached hydrogen (secondary N) is 1. The Morgan fingerprint density at radius 2 is 1.91 bits per heavy atom. The zero-order valence-electron chi connectivity index (χ0n) is 19.6. The fourth-order valence-corrected chi connectivity index (χ4v) is 4.94. The molecule has 0 spiro atoms. The molecule has 3 heterocycles. The van der Waals surface area contributed by atoms with Crippen molar-refractivity contribution >= 4 is 34.5 Å². The van der Waals surface area contributed by atoms with Crippen LogP contribution in [0.3, 0.4) is 0 Å². The fraction of sp³-hybridized carbons (Fsp3) is 0.185. The molecule has 35 heavy (non-hydrogen) atoms. The molecule has 176 valence electrons. The van der Waals surface area contributed by atoms with Gasteiger partial charge in [-0.3, -0.25) is 19.5 Å². The number of pyridine rings is 1. The zero-order chi connectivity index (χ0) is 24.5. The Morgan fingerprint density at radius 1 is 1.11 bits per heavy atom. The summed E-state index contributed by atoms with van der Waals surface area (Å²) in [4.78, 5) is 37.7. The highest BCUT2D eigenvalue weighted by atomic mass is 32.1. The van der Waals surface area contributed by atoms with Gasteiger partial charge in [-0.15, -0.1) is 11.3 Å². The third-order valence-corrected chi connectivity index (χ3v) is 6.84. The number of para-hydroxylation sites is 1. The number of ether oxygens (including phenoxy) is 1. The molecule has 0 radical (unpaired) electrons. The van der Waals surface area contributed by atoms with Crippen molar-refractivity contribution in [3.8, 4) is 27.7 Å². The Bertz CT molecular complexity index is 1420. The summed E-state index contributed by atoms with van der Waals surface area (Å²) in [6, 6.07) is 18.9. The van der Waals surface area contributed by atoms with Crippen LogP contribution in [0.2, 0.25) is 0 Å². The molecule has 7 nitrogen and oxygen atoms in total. The summed E-state index contributed by atoms with van der Waals surface area (Å²) in [5.74, 6) is 0.0153. The van der Waals surface area contributed by atoms with Gasteiger partial charge in [0.25, 0.3) is 5.91 Å². The summed E-state index contributed by atoms with van der Waals surface area (Å²) in [7, 11) is 0. The summed E-state index contributed by atoms with van der Waals surface area (Å²) in [6.45, 7) is 5.51. The first kappa shape index (κ1) is 22.7. The molecule has 2 aromatic heterocycles. The number of carbonyl (C=O) groups excluding carboxylic acids is 2. The molecule has 1 aliphatic rings. The maximum absolute atomic E-state index is 13.0. The van der Waals surface area contributed by atoms with Crippen LogP contribution in [0.1, 0.15) is 17.4 Å². The van der Waals surface area contributed by atoms with E-state index in [2.05, 4.69) is 10.3 Å². The van der Waals surface area contributed by atoms with Crippen molar-refractivity contribution in [3.63, 3.8) is 0 Å². The summed E-state index contributed by atoms with van der Waals surface area (Å²) < 4.78 is 5.84. The highest BCUT2D eigenvalue weighted by molar-refractivity contribution is 7.15. The van der Waals surface area contributed by atoms with Crippen molar-refractivity contribution in [2.24, 2.45) is 0 Å². The van der Waals surface area contributed by atoms with Gasteiger partial charge in [0.05, 0.1) is 17.1 Å². The standard InChI is InChI=1S/C27H24N4O3S/c1-16-8-4-5-9-20(16)29-24(32)15-31-22-14-19(11-12-23(22)34-17(2)27(31)33)25-18(3)35-26(30-25)21-10-6-7-13-28-21/h4-14,17H,15H2,1-3H3,(H,29,32). The molecule has 1 aliphatic heterocycles. The summed E-state index contributed by atoms with van der Waals surface area (Å²) >= 11 is 1.57. The van der Waals surface area contributed by atoms with Gasteiger partial charge in [0.15, 0.2) is 6.10 Å². The Morgan fingerprint density at radius 3 is 2.69 bits per heavy atom. The first-order valence-corrected chi connectivity index (χ1v) is 12.1. The second kappa shape index (κ2) is 9.31. The number of hydrogen-bond donors (Lipinski definition) is 1. The molecule has 8 heteroatoms. The third-order valence-electron chi connectivity index (χ3n) is 5.84. The minimum atomic E-state index is -0.684. The number of hydrogen-bond acceptors (Lipinski definition) is 6. The van der Waals surface area contributed by atoms with Gasteiger partial charge in [0.1, 0.15) is 17.3 Å². The summed E-state index contributed by atoms with van der Waals surface area (Å²) in [6.07, 6.45) is 1.06. The van der Waals surface area contributed by atoms with Gasteiger partial charge in [-0.1, -0.05) is 24.3 Å². The molecule has 2 amide bonds. The van der Waals surface area contributed by atoms with Gasteiger partial charge in [-0.25, -0.2) is 4.98 Å². The average Bonchev–Trinajstić information content (AvgIpc) is 3.25. The smallest absolute Gasteiger partial charge is 0.268 e. The molecule has 2 aromatic carbocycles. The molecule has 0 fully saturated rings. The van der Waals surface area contributed by atoms with Gasteiger partial charge in [0, 0.05) is 22.3 Å². The molecule has 1 N–H and O–H groups in total. The maximum atomic E-state index is 13.0. The molecule has 0 saturated carbocycles. The molecule has 0 aliphatic carbocycles. The normalized spacial score (nSPS) is 14.9. The van der Waals surface area contributed by atoms with Gasteiger partial charge in [-0.05, 0) is 62.7 Å². The Hall–Kier alpha value is -4.04. The fourth-order valence-electron chi connectivity index (χ4n) is 4.03. The van der Waals surface area contributed by atoms with E-state index in [1.807, 2.05) is 74.5 Å². The quantitative estimate of drug-likeness (QED) is 0.419. The second-order valence-corrected chi connectivity index (χ2v) is 9.57. The van der Waals surface area contributed by atoms with E-state index in [0.29, 0.717) is 11.4 Å². The topological polar surface area (TPSA) is 84.4 Å². The van der Waals surface area contributed by atoms with Crippen LogP contribution >= 0.6 is 11.3 Å². The number of amides is 2. The van der Waals surface area contributed by atoms with Crippen LogP contribution < -0.4 is 15.0 Å². The molecule has 5 rings (SSSR count). The van der Waals surface area contributed by atoms with Crippen molar-refractivity contribution in [2.75, 3.05) is 16.8 Å². The van der Waals surface area contributed by atoms with Crippen molar-refractivity contribution in [1.82, 2.24) is 9.97 Å². The van der Waals surface area contributed by atoms with E-state index in [4.69, 9.17) is 9.72 Å². The predicted octanol–water partition coefficient (Wildman–Crippen LogP) is 5.24. The lowest BCUT2D eigenvalue weighted by atomic mass is 10.1. The van der Waals surface area contributed by atoms with E-state index in [1.165, 1.54) is 4.90 Å². The van der Waals surface area contributed by atoms with Gasteiger partial charge in [-0.2, -0.15) is 0 Å². The number of aryl methyl sites for hydroxylation is 2. The highest BCUT2D eigenvalue weighted by Gasteiger charge is 2.33. The van der Waals surface area contributed by atoms with Crippen LogP contribution in [0.15, 0.2) is 66.9 Å². The number of nitrogens with zero attached hydrogens (tertiary/aromatic N) is 3. The average molecular weight is 485 g/mol. The number of carbonyl (C=O) groups is 2. The van der Waals surface area contributed by atoms with Crippen molar-refractivity contribution in [3.05, 3.63) is 77.3 Å². The summed E-state index contributed by atoms with van der Waals surface area (Å²) in [5, 5.41) is 3.73. The Labute approximate surface area is 207 Å². The number of rotatable bonds is 5. The van der Waals surface area contributed by atoms with Gasteiger partial charge < -0.3 is 10.1 Å². The molecule has 1 unspecified atom stereocenters. The summed E-state index contributed by atoms with van der Waals surface area (Å²) in [5.41, 5.74) is 4.70. The molecular formula is C27H24N4O3S. The van der Waals surface area contributed by atoms with Crippen LogP contribution in [0.25, 0.3) is 22.0 Å². The maximum Gasteiger partial charge on any atom is 0.268 e. The van der Waals surface area contributed by atoms with Crippen LogP contribution in [0, 0.1) is 13.8 Å². The van der Waals surface area contributed by atoms with E-state index >= 15 is 0 Å². The molecular weight excluding hydrogens is 460 g/mol. The minimum Gasteiger partial charge on any atom is -0.479 e. The monoisotopic (exact) mass is 484 g/mol. The number of anilines is 2. The number of benzene rings is 2. The molecule has 0 saturated heterocycles. The number of fused-ring (bicyclic) bond motifs is 1. The first-order chi connectivity index (χ1) is 16.9. The molecule has 4 aromatic rings. The highest BCUT2D eigenvalue weighted by Crippen LogP contribution is 2.40. The predicted molar refractivity (Wildman–Crippen MR) is 138 cm³/mol. The van der Waals surface area contributed by atoms with E-state index in [-0.39, 0.29) is 18.4 Å². The van der Waals surface area contributed by atoms with E-state index < -0.39 is 6.10 Å². The second-order valence-electron chi connectivity index (χ2n) is 8.37. The lowest BCUT2D eigenvalue weighted by Crippen LogP contribution is -2.47. The number of aromatic nitrogens is 2. The van der Waals surface area contributed by atoms with Crippen molar-refractivity contribution in [1.29, 1.82) is 0 Å². The van der Waals surface area contributed by atoms with Gasteiger partial charge in [0.2, 0.25) is 5.91 Å². The minimum absolute atomic E-state index is 0.118. The third kappa shape index (κ3) is 4.52. The zero-order valence-corrected chi connectivity index (χ0v) is 20.4. The van der Waals surface area contributed by atoms with Gasteiger partial charge >= 0.3 is 0 Å². The Balaban J connectivity index is 1.47. The van der Waals surface area contributed by atoms with Crippen LogP contribution in [-0.4, -0.2) is 34.4 Å².